The maximum Gasteiger partial charge on any atom is 0.188 e. The van der Waals surface area contributed by atoms with E-state index in [1.54, 1.807) is 0 Å². The van der Waals surface area contributed by atoms with Crippen molar-refractivity contribution < 1.29 is 4.74 Å². The number of nitrogens with two attached hydrogens (primary N) is 1. The monoisotopic (exact) mass is 261 g/mol. The maximum absolute atomic E-state index is 5.78. The fraction of sp³-hybridized carbons (Fsp3) is 0.533. The molecule has 4 nitrogen and oxygen atoms in total. The Morgan fingerprint density at radius 1 is 1.42 bits per heavy atom. The van der Waals surface area contributed by atoms with Crippen molar-refractivity contribution in [1.82, 2.24) is 5.32 Å². The van der Waals surface area contributed by atoms with Gasteiger partial charge in [0, 0.05) is 12.6 Å². The molecule has 0 aliphatic heterocycles. The molecule has 3 N–H and O–H groups in total. The van der Waals surface area contributed by atoms with E-state index in [-0.39, 0.29) is 0 Å². The lowest BCUT2D eigenvalue weighted by atomic mass is 10.2. The Labute approximate surface area is 115 Å². The molecule has 19 heavy (non-hydrogen) atoms. The molecule has 0 aromatic heterocycles. The Balaban J connectivity index is 1.60. The van der Waals surface area contributed by atoms with Gasteiger partial charge in [-0.2, -0.15) is 0 Å². The van der Waals surface area contributed by atoms with E-state index < -0.39 is 0 Å². The van der Waals surface area contributed by atoms with Gasteiger partial charge in [-0.3, -0.25) is 4.99 Å². The van der Waals surface area contributed by atoms with Gasteiger partial charge in [-0.25, -0.2) is 0 Å². The molecule has 4 heteroatoms. The number of hydrogen-bond acceptors (Lipinski definition) is 2. The van der Waals surface area contributed by atoms with Crippen LogP contribution in [0.4, 0.5) is 0 Å². The molecule has 1 aromatic rings. The van der Waals surface area contributed by atoms with Gasteiger partial charge >= 0.3 is 0 Å². The number of aliphatic imine (C=N–C) groups is 1. The molecule has 0 saturated heterocycles. The third kappa shape index (κ3) is 5.75. The highest BCUT2D eigenvalue weighted by molar-refractivity contribution is 5.78. The summed E-state index contributed by atoms with van der Waals surface area (Å²) >= 11 is 0. The minimum atomic E-state index is 0.378. The average Bonchev–Trinajstić information content (AvgIpc) is 3.22. The van der Waals surface area contributed by atoms with Crippen LogP contribution in [0.25, 0.3) is 0 Å². The molecule has 1 atom stereocenters. The highest BCUT2D eigenvalue weighted by Crippen LogP contribution is 2.18. The van der Waals surface area contributed by atoms with Gasteiger partial charge in [0.15, 0.2) is 5.96 Å². The van der Waals surface area contributed by atoms with Gasteiger partial charge in [-0.05, 0) is 24.3 Å². The number of nitrogens with zero attached hydrogens (tertiary/aromatic N) is 1. The molecule has 2 rings (SSSR count). The van der Waals surface area contributed by atoms with Crippen molar-refractivity contribution in [2.24, 2.45) is 16.6 Å². The predicted octanol–water partition coefficient (Wildman–Crippen LogP) is 1.91. The first-order chi connectivity index (χ1) is 9.24. The first-order valence-corrected chi connectivity index (χ1v) is 6.92. The van der Waals surface area contributed by atoms with E-state index in [1.807, 2.05) is 18.2 Å². The summed E-state index contributed by atoms with van der Waals surface area (Å²) in [6.07, 6.45) is 2.43. The van der Waals surface area contributed by atoms with Gasteiger partial charge in [0.2, 0.25) is 0 Å². The summed E-state index contributed by atoms with van der Waals surface area (Å²) in [5.74, 6) is 0.945. The van der Waals surface area contributed by atoms with Crippen molar-refractivity contribution in [3.05, 3.63) is 35.9 Å². The smallest absolute Gasteiger partial charge is 0.188 e. The SMILES string of the molecule is CC(CN=C(N)NC1CC1)COCc1ccccc1. The second-order valence-electron chi connectivity index (χ2n) is 5.25. The Hall–Kier alpha value is -1.55. The molecule has 0 bridgehead atoms. The summed E-state index contributed by atoms with van der Waals surface area (Å²) in [4.78, 5) is 4.33. The highest BCUT2D eigenvalue weighted by Gasteiger charge is 2.21. The second-order valence-corrected chi connectivity index (χ2v) is 5.25. The Morgan fingerprint density at radius 2 is 2.16 bits per heavy atom. The van der Waals surface area contributed by atoms with Crippen molar-refractivity contribution in [1.29, 1.82) is 0 Å². The Bertz CT molecular complexity index is 401. The van der Waals surface area contributed by atoms with Crippen LogP contribution in [0.5, 0.6) is 0 Å². The number of hydrogen-bond donors (Lipinski definition) is 2. The molecule has 104 valence electrons. The number of rotatable bonds is 7. The normalized spacial score (nSPS) is 17.2. The molecule has 1 aromatic carbocycles. The van der Waals surface area contributed by atoms with Gasteiger partial charge in [-0.1, -0.05) is 37.3 Å². The van der Waals surface area contributed by atoms with E-state index in [1.165, 1.54) is 18.4 Å². The molecule has 0 spiro atoms. The van der Waals surface area contributed by atoms with Crippen LogP contribution in [0.1, 0.15) is 25.3 Å². The van der Waals surface area contributed by atoms with Crippen molar-refractivity contribution in [2.75, 3.05) is 13.2 Å². The lowest BCUT2D eigenvalue weighted by molar-refractivity contribution is 0.0945. The predicted molar refractivity (Wildman–Crippen MR) is 77.9 cm³/mol. The lowest BCUT2D eigenvalue weighted by Crippen LogP contribution is -2.33. The lowest BCUT2D eigenvalue weighted by Gasteiger charge is -2.10. The molecule has 1 unspecified atom stereocenters. The number of benzene rings is 1. The largest absolute Gasteiger partial charge is 0.376 e. The van der Waals surface area contributed by atoms with Crippen LogP contribution < -0.4 is 11.1 Å². The summed E-state index contributed by atoms with van der Waals surface area (Å²) < 4.78 is 5.68. The Kier molecular flexibility index (Phi) is 5.21. The molecular weight excluding hydrogens is 238 g/mol. The quantitative estimate of drug-likeness (QED) is 0.582. The number of nitrogens with one attached hydrogen (secondary N) is 1. The van der Waals surface area contributed by atoms with Gasteiger partial charge in [0.05, 0.1) is 13.2 Å². The van der Waals surface area contributed by atoms with Crippen LogP contribution in [0.2, 0.25) is 0 Å². The van der Waals surface area contributed by atoms with Crippen LogP contribution >= 0.6 is 0 Å². The van der Waals surface area contributed by atoms with Crippen molar-refractivity contribution in [3.8, 4) is 0 Å². The maximum atomic E-state index is 5.78. The van der Waals surface area contributed by atoms with Crippen LogP contribution in [0.15, 0.2) is 35.3 Å². The fourth-order valence-electron chi connectivity index (χ4n) is 1.74. The fourth-order valence-corrected chi connectivity index (χ4v) is 1.74. The molecule has 1 fully saturated rings. The van der Waals surface area contributed by atoms with E-state index >= 15 is 0 Å². The molecule has 1 aliphatic rings. The summed E-state index contributed by atoms with van der Waals surface area (Å²) in [6, 6.07) is 10.8. The minimum absolute atomic E-state index is 0.378. The molecular formula is C15H23N3O. The summed E-state index contributed by atoms with van der Waals surface area (Å²) in [5.41, 5.74) is 6.98. The van der Waals surface area contributed by atoms with Crippen LogP contribution in [0, 0.1) is 5.92 Å². The standard InChI is InChI=1S/C15H23N3O/c1-12(9-17-15(16)18-14-7-8-14)10-19-11-13-5-3-2-4-6-13/h2-6,12,14H,7-11H2,1H3,(H3,16,17,18). The zero-order valence-electron chi connectivity index (χ0n) is 11.5. The van der Waals surface area contributed by atoms with Gasteiger partial charge in [0.25, 0.3) is 0 Å². The third-order valence-corrected chi connectivity index (χ3v) is 3.02. The zero-order valence-corrected chi connectivity index (χ0v) is 11.5. The van der Waals surface area contributed by atoms with E-state index in [0.717, 1.165) is 0 Å². The summed E-state index contributed by atoms with van der Waals surface area (Å²) in [7, 11) is 0. The molecule has 0 amide bonds. The van der Waals surface area contributed by atoms with Gasteiger partial charge in [-0.15, -0.1) is 0 Å². The summed E-state index contributed by atoms with van der Waals surface area (Å²) in [5, 5.41) is 3.18. The van der Waals surface area contributed by atoms with Crippen molar-refractivity contribution in [2.45, 2.75) is 32.4 Å². The topological polar surface area (TPSA) is 59.6 Å². The molecule has 0 heterocycles. The third-order valence-electron chi connectivity index (χ3n) is 3.02. The van der Waals surface area contributed by atoms with Crippen molar-refractivity contribution in [3.63, 3.8) is 0 Å². The van der Waals surface area contributed by atoms with Gasteiger partial charge in [0.1, 0.15) is 0 Å². The van der Waals surface area contributed by atoms with Crippen LogP contribution in [-0.4, -0.2) is 25.2 Å². The van der Waals surface area contributed by atoms with E-state index in [4.69, 9.17) is 10.5 Å². The number of guanidine groups is 1. The average molecular weight is 261 g/mol. The van der Waals surface area contributed by atoms with E-state index in [0.29, 0.717) is 37.7 Å². The summed E-state index contributed by atoms with van der Waals surface area (Å²) in [6.45, 7) is 4.19. The van der Waals surface area contributed by atoms with Gasteiger partial charge < -0.3 is 15.8 Å². The second kappa shape index (κ2) is 7.14. The molecule has 0 radical (unpaired) electrons. The number of ether oxygens (including phenoxy) is 1. The van der Waals surface area contributed by atoms with E-state index in [9.17, 15) is 0 Å². The van der Waals surface area contributed by atoms with Crippen LogP contribution in [0.3, 0.4) is 0 Å². The first-order valence-electron chi connectivity index (χ1n) is 6.92. The zero-order chi connectivity index (χ0) is 13.5. The molecule has 1 saturated carbocycles. The van der Waals surface area contributed by atoms with Crippen LogP contribution in [-0.2, 0) is 11.3 Å². The minimum Gasteiger partial charge on any atom is -0.376 e. The van der Waals surface area contributed by atoms with Crippen molar-refractivity contribution >= 4 is 5.96 Å². The highest BCUT2D eigenvalue weighted by atomic mass is 16.5. The Morgan fingerprint density at radius 3 is 2.84 bits per heavy atom. The molecule has 1 aliphatic carbocycles. The first kappa shape index (κ1) is 13.9. The van der Waals surface area contributed by atoms with E-state index in [2.05, 4.69) is 29.4 Å².